The highest BCUT2D eigenvalue weighted by molar-refractivity contribution is 6.30. The quantitative estimate of drug-likeness (QED) is 0.535. The van der Waals surface area contributed by atoms with Gasteiger partial charge in [0.25, 0.3) is 0 Å². The van der Waals surface area contributed by atoms with E-state index in [9.17, 15) is 5.11 Å². The van der Waals surface area contributed by atoms with Crippen molar-refractivity contribution in [3.63, 3.8) is 0 Å². The molecule has 1 aliphatic rings. The van der Waals surface area contributed by atoms with E-state index in [0.717, 1.165) is 35.8 Å². The van der Waals surface area contributed by atoms with Gasteiger partial charge >= 0.3 is 0 Å². The van der Waals surface area contributed by atoms with E-state index in [2.05, 4.69) is 36.2 Å². The van der Waals surface area contributed by atoms with Crippen LogP contribution in [-0.4, -0.2) is 53.6 Å². The van der Waals surface area contributed by atoms with Gasteiger partial charge in [0.15, 0.2) is 0 Å². The summed E-state index contributed by atoms with van der Waals surface area (Å²) in [5, 5.41) is 23.5. The van der Waals surface area contributed by atoms with E-state index in [1.165, 1.54) is 5.56 Å². The number of rotatable bonds is 10. The van der Waals surface area contributed by atoms with Crippen LogP contribution in [0.3, 0.4) is 0 Å². The first-order valence-electron chi connectivity index (χ1n) is 10.7. The molecule has 3 rings (SSSR count). The van der Waals surface area contributed by atoms with Crippen LogP contribution in [-0.2, 0) is 6.54 Å². The molecule has 0 saturated carbocycles. The van der Waals surface area contributed by atoms with Gasteiger partial charge in [-0.05, 0) is 49.6 Å². The van der Waals surface area contributed by atoms with E-state index in [1.807, 2.05) is 36.4 Å². The summed E-state index contributed by atoms with van der Waals surface area (Å²) in [6.45, 7) is 7.12. The third-order valence-corrected chi connectivity index (χ3v) is 6.37. The van der Waals surface area contributed by atoms with Gasteiger partial charge in [0, 0.05) is 35.3 Å². The van der Waals surface area contributed by atoms with Gasteiger partial charge in [-0.3, -0.25) is 4.90 Å². The van der Waals surface area contributed by atoms with E-state index in [4.69, 9.17) is 21.4 Å². The Bertz CT molecular complexity index is 801. The van der Waals surface area contributed by atoms with Crippen molar-refractivity contribution < 1.29 is 14.9 Å². The number of aliphatic hydroxyl groups is 2. The smallest absolute Gasteiger partial charge is 0.123 e. The van der Waals surface area contributed by atoms with Crippen LogP contribution < -0.4 is 10.1 Å². The molecule has 1 fully saturated rings. The molecule has 3 atom stereocenters. The Morgan fingerprint density at radius 3 is 2.57 bits per heavy atom. The molecule has 30 heavy (non-hydrogen) atoms. The lowest BCUT2D eigenvalue weighted by Gasteiger charge is -2.37. The Balaban J connectivity index is 1.74. The van der Waals surface area contributed by atoms with Crippen molar-refractivity contribution in [3.8, 4) is 5.75 Å². The molecule has 5 nitrogen and oxygen atoms in total. The van der Waals surface area contributed by atoms with Crippen LogP contribution in [0.25, 0.3) is 0 Å². The highest BCUT2D eigenvalue weighted by atomic mass is 35.5. The second kappa shape index (κ2) is 10.6. The number of likely N-dealkylation sites (N-methyl/N-ethyl adjacent to an activating group) is 1. The van der Waals surface area contributed by atoms with E-state index < -0.39 is 0 Å². The lowest BCUT2D eigenvalue weighted by atomic mass is 9.90. The molecule has 0 aliphatic carbocycles. The maximum absolute atomic E-state index is 10.2. The number of aliphatic hydroxyl groups excluding tert-OH is 2. The van der Waals surface area contributed by atoms with Crippen LogP contribution in [0.2, 0.25) is 5.02 Å². The molecule has 6 heteroatoms. The number of para-hydroxylation sites is 1. The van der Waals surface area contributed by atoms with E-state index in [-0.39, 0.29) is 24.8 Å². The van der Waals surface area contributed by atoms with Crippen LogP contribution in [0.4, 0.5) is 0 Å². The molecule has 0 amide bonds. The van der Waals surface area contributed by atoms with Crippen LogP contribution in [0.5, 0.6) is 5.75 Å². The molecule has 164 valence electrons. The number of hydrogen-bond acceptors (Lipinski definition) is 5. The van der Waals surface area contributed by atoms with Crippen molar-refractivity contribution >= 4 is 11.6 Å². The van der Waals surface area contributed by atoms with Crippen molar-refractivity contribution in [2.24, 2.45) is 5.92 Å². The minimum Gasteiger partial charge on any atom is -0.491 e. The van der Waals surface area contributed by atoms with Crippen molar-refractivity contribution in [2.45, 2.75) is 38.4 Å². The molecule has 0 bridgehead atoms. The predicted molar refractivity (Wildman–Crippen MR) is 121 cm³/mol. The largest absolute Gasteiger partial charge is 0.491 e. The molecular weight excluding hydrogens is 400 g/mol. The summed E-state index contributed by atoms with van der Waals surface area (Å²) in [4.78, 5) is 2.42. The number of halogens is 1. The SMILES string of the molecule is CCN1[C@@H](c2ccc(Cl)cc2)[C@@H](CNCc2ccccc2OCCO)C[C@@]1(C)CO. The Morgan fingerprint density at radius 1 is 1.17 bits per heavy atom. The van der Waals surface area contributed by atoms with E-state index >= 15 is 0 Å². The molecule has 0 spiro atoms. The Kier molecular flexibility index (Phi) is 8.14. The average molecular weight is 433 g/mol. The van der Waals surface area contributed by atoms with Gasteiger partial charge in [-0.25, -0.2) is 0 Å². The minimum absolute atomic E-state index is 0.000790. The summed E-state index contributed by atoms with van der Waals surface area (Å²) in [5.41, 5.74) is 2.06. The molecule has 1 aliphatic heterocycles. The highest BCUT2D eigenvalue weighted by Crippen LogP contribution is 2.46. The van der Waals surface area contributed by atoms with Gasteiger partial charge in [0.2, 0.25) is 0 Å². The third-order valence-electron chi connectivity index (χ3n) is 6.11. The minimum atomic E-state index is -0.243. The zero-order chi connectivity index (χ0) is 21.6. The van der Waals surface area contributed by atoms with Gasteiger partial charge in [0.05, 0.1) is 13.2 Å². The fourth-order valence-corrected chi connectivity index (χ4v) is 4.88. The van der Waals surface area contributed by atoms with Crippen LogP contribution in [0, 0.1) is 5.92 Å². The highest BCUT2D eigenvalue weighted by Gasteiger charge is 2.47. The zero-order valence-corrected chi connectivity index (χ0v) is 18.6. The summed E-state index contributed by atoms with van der Waals surface area (Å²) in [6.07, 6.45) is 0.917. The van der Waals surface area contributed by atoms with Gasteiger partial charge in [-0.2, -0.15) is 0 Å². The number of nitrogens with one attached hydrogen (secondary N) is 1. The molecule has 2 aromatic carbocycles. The summed E-state index contributed by atoms with van der Waals surface area (Å²) in [7, 11) is 0. The maximum Gasteiger partial charge on any atom is 0.123 e. The van der Waals surface area contributed by atoms with Crippen molar-refractivity contribution in [2.75, 3.05) is 32.9 Å². The van der Waals surface area contributed by atoms with Gasteiger partial charge in [-0.15, -0.1) is 0 Å². The first-order chi connectivity index (χ1) is 14.5. The molecule has 0 unspecified atom stereocenters. The molecule has 3 N–H and O–H groups in total. The Labute approximate surface area is 184 Å². The van der Waals surface area contributed by atoms with E-state index in [1.54, 1.807) is 0 Å². The fourth-order valence-electron chi connectivity index (χ4n) is 4.75. The molecule has 1 heterocycles. The van der Waals surface area contributed by atoms with Crippen LogP contribution in [0.15, 0.2) is 48.5 Å². The Hall–Kier alpha value is -1.63. The number of likely N-dealkylation sites (tertiary alicyclic amines) is 1. The van der Waals surface area contributed by atoms with Crippen molar-refractivity contribution in [1.82, 2.24) is 10.2 Å². The molecule has 2 aromatic rings. The summed E-state index contributed by atoms with van der Waals surface area (Å²) in [6, 6.07) is 16.2. The van der Waals surface area contributed by atoms with Crippen LogP contribution >= 0.6 is 11.6 Å². The maximum atomic E-state index is 10.2. The molecule has 0 aromatic heterocycles. The molecular formula is C24H33ClN2O3. The number of nitrogens with zero attached hydrogens (tertiary/aromatic N) is 1. The number of benzene rings is 2. The number of ether oxygens (including phenoxy) is 1. The first kappa shape index (κ1) is 23.0. The van der Waals surface area contributed by atoms with Gasteiger partial charge < -0.3 is 20.3 Å². The topological polar surface area (TPSA) is 65.0 Å². The average Bonchev–Trinajstić information content (AvgIpc) is 3.05. The van der Waals surface area contributed by atoms with Crippen LogP contribution in [0.1, 0.15) is 37.4 Å². The summed E-state index contributed by atoms with van der Waals surface area (Å²) < 4.78 is 5.65. The van der Waals surface area contributed by atoms with E-state index in [0.29, 0.717) is 19.1 Å². The standard InChI is InChI=1S/C24H33ClN2O3/c1-3-27-23(18-8-10-21(25)11-9-18)20(14-24(27,2)17-29)16-26-15-19-6-4-5-7-22(19)30-13-12-28/h4-11,20,23,26,28-29H,3,12-17H2,1-2H3/t20-,23+,24+/m1/s1. The first-order valence-corrected chi connectivity index (χ1v) is 11.1. The van der Waals surface area contributed by atoms with Gasteiger partial charge in [0.1, 0.15) is 12.4 Å². The zero-order valence-electron chi connectivity index (χ0n) is 17.9. The Morgan fingerprint density at radius 2 is 1.90 bits per heavy atom. The lowest BCUT2D eigenvalue weighted by molar-refractivity contribution is 0.0579. The second-order valence-corrected chi connectivity index (χ2v) is 8.65. The monoisotopic (exact) mass is 432 g/mol. The predicted octanol–water partition coefficient (Wildman–Crippen LogP) is 3.63. The third kappa shape index (κ3) is 5.16. The number of hydrogen-bond donors (Lipinski definition) is 3. The van der Waals surface area contributed by atoms with Gasteiger partial charge in [-0.1, -0.05) is 48.9 Å². The normalized spacial score (nSPS) is 24.3. The van der Waals surface area contributed by atoms with Crippen molar-refractivity contribution in [3.05, 3.63) is 64.7 Å². The summed E-state index contributed by atoms with van der Waals surface area (Å²) >= 11 is 6.12. The van der Waals surface area contributed by atoms with Crippen molar-refractivity contribution in [1.29, 1.82) is 0 Å². The summed E-state index contributed by atoms with van der Waals surface area (Å²) in [5.74, 6) is 1.16. The fraction of sp³-hybridized carbons (Fsp3) is 0.500. The molecule has 0 radical (unpaired) electrons. The lowest BCUT2D eigenvalue weighted by Crippen LogP contribution is -2.45. The molecule has 1 saturated heterocycles. The second-order valence-electron chi connectivity index (χ2n) is 8.21.